The van der Waals surface area contributed by atoms with Gasteiger partial charge >= 0.3 is 6.18 Å². The monoisotopic (exact) mass is 309 g/mol. The molecule has 0 aliphatic heterocycles. The van der Waals surface area contributed by atoms with Gasteiger partial charge in [0.1, 0.15) is 0 Å². The van der Waals surface area contributed by atoms with Crippen molar-refractivity contribution in [1.29, 1.82) is 0 Å². The van der Waals surface area contributed by atoms with E-state index in [1.165, 1.54) is 4.31 Å². The molecule has 0 bridgehead atoms. The Balaban J connectivity index is 4.36. The maximum absolute atomic E-state index is 12.0. The zero-order valence-electron chi connectivity index (χ0n) is 10.3. The first-order valence-electron chi connectivity index (χ1n) is 5.83. The fraction of sp³-hybridized carbons (Fsp3) is 1.00. The van der Waals surface area contributed by atoms with E-state index in [-0.39, 0.29) is 12.4 Å². The summed E-state index contributed by atoms with van der Waals surface area (Å²) in [6.07, 6.45) is -4.30. The van der Waals surface area contributed by atoms with Crippen LogP contribution in [-0.2, 0) is 10.0 Å². The second kappa shape index (κ2) is 8.22. The van der Waals surface area contributed by atoms with Crippen LogP contribution in [0.3, 0.4) is 0 Å². The van der Waals surface area contributed by atoms with E-state index in [0.29, 0.717) is 13.0 Å². The molecule has 0 aromatic rings. The molecule has 0 heterocycles. The summed E-state index contributed by atoms with van der Waals surface area (Å²) in [5, 5.41) is 0. The summed E-state index contributed by atoms with van der Waals surface area (Å²) < 4.78 is 60.7. The molecule has 0 spiro atoms. The average Bonchev–Trinajstić information content (AvgIpc) is 2.21. The molecule has 0 saturated heterocycles. The Kier molecular flexibility index (Phi) is 8.21. The van der Waals surface area contributed by atoms with Crippen LogP contribution < -0.4 is 0 Å². The first-order chi connectivity index (χ1) is 8.23. The Labute approximate surface area is 111 Å². The number of alkyl halides is 4. The second-order valence-corrected chi connectivity index (χ2v) is 6.44. The summed E-state index contributed by atoms with van der Waals surface area (Å²) in [6.45, 7) is 2.38. The van der Waals surface area contributed by atoms with Crippen molar-refractivity contribution < 1.29 is 21.6 Å². The van der Waals surface area contributed by atoms with Crippen molar-refractivity contribution in [2.24, 2.45) is 0 Å². The molecule has 0 aliphatic rings. The van der Waals surface area contributed by atoms with Crippen LogP contribution in [0.15, 0.2) is 0 Å². The molecule has 3 nitrogen and oxygen atoms in total. The van der Waals surface area contributed by atoms with E-state index in [1.807, 2.05) is 6.92 Å². The summed E-state index contributed by atoms with van der Waals surface area (Å²) in [5.41, 5.74) is 0. The van der Waals surface area contributed by atoms with Gasteiger partial charge in [-0.2, -0.15) is 13.2 Å². The Hall–Kier alpha value is -0.0100. The molecule has 0 saturated carbocycles. The minimum Gasteiger partial charge on any atom is -0.212 e. The highest BCUT2D eigenvalue weighted by Gasteiger charge is 2.28. The predicted octanol–water partition coefficient (Wildman–Crippen LogP) is 3.00. The van der Waals surface area contributed by atoms with Crippen molar-refractivity contribution in [3.8, 4) is 0 Å². The summed E-state index contributed by atoms with van der Waals surface area (Å²) in [7, 11) is -3.63. The maximum Gasteiger partial charge on any atom is 0.389 e. The largest absolute Gasteiger partial charge is 0.389 e. The van der Waals surface area contributed by atoms with Crippen molar-refractivity contribution in [3.63, 3.8) is 0 Å². The molecule has 0 aromatic heterocycles. The van der Waals surface area contributed by atoms with Gasteiger partial charge in [-0.25, -0.2) is 12.7 Å². The SMILES string of the molecule is CCCCN(CCCl)S(=O)(=O)CCCC(F)(F)F. The van der Waals surface area contributed by atoms with Gasteiger partial charge in [-0.05, 0) is 12.8 Å². The van der Waals surface area contributed by atoms with E-state index in [4.69, 9.17) is 11.6 Å². The lowest BCUT2D eigenvalue weighted by Crippen LogP contribution is -2.35. The van der Waals surface area contributed by atoms with Crippen LogP contribution in [0.2, 0.25) is 0 Å². The molecule has 110 valence electrons. The summed E-state index contributed by atoms with van der Waals surface area (Å²) in [5.74, 6) is -0.338. The quantitative estimate of drug-likeness (QED) is 0.614. The van der Waals surface area contributed by atoms with Gasteiger partial charge in [0.15, 0.2) is 0 Å². The standard InChI is InChI=1S/C10H19ClF3NO2S/c1-2-3-7-15(8-6-11)18(16,17)9-4-5-10(12,13)14/h2-9H2,1H3. The molecule has 0 aromatic carbocycles. The van der Waals surface area contributed by atoms with Crippen LogP contribution in [0.4, 0.5) is 13.2 Å². The first-order valence-corrected chi connectivity index (χ1v) is 7.98. The van der Waals surface area contributed by atoms with Crippen molar-refractivity contribution in [2.75, 3.05) is 24.7 Å². The van der Waals surface area contributed by atoms with Gasteiger partial charge in [0.05, 0.1) is 5.75 Å². The van der Waals surface area contributed by atoms with Crippen LogP contribution in [0.25, 0.3) is 0 Å². The van der Waals surface area contributed by atoms with Crippen LogP contribution in [-0.4, -0.2) is 43.6 Å². The molecule has 0 atom stereocenters. The molecule has 0 aliphatic carbocycles. The summed E-state index contributed by atoms with van der Waals surface area (Å²) in [4.78, 5) is 0. The Morgan fingerprint density at radius 2 is 1.78 bits per heavy atom. The molecular weight excluding hydrogens is 291 g/mol. The van der Waals surface area contributed by atoms with Crippen molar-refractivity contribution in [1.82, 2.24) is 4.31 Å². The van der Waals surface area contributed by atoms with Crippen molar-refractivity contribution >= 4 is 21.6 Å². The van der Waals surface area contributed by atoms with Gasteiger partial charge in [0, 0.05) is 25.4 Å². The normalized spacial score (nSPS) is 13.2. The molecule has 0 amide bonds. The van der Waals surface area contributed by atoms with Gasteiger partial charge in [-0.1, -0.05) is 13.3 Å². The van der Waals surface area contributed by atoms with Gasteiger partial charge in [-0.15, -0.1) is 11.6 Å². The fourth-order valence-electron chi connectivity index (χ4n) is 1.40. The minimum absolute atomic E-state index is 0.141. The lowest BCUT2D eigenvalue weighted by Gasteiger charge is -2.21. The molecule has 8 heteroatoms. The van der Waals surface area contributed by atoms with Crippen LogP contribution in [0.5, 0.6) is 0 Å². The van der Waals surface area contributed by atoms with E-state index in [1.54, 1.807) is 0 Å². The third-order valence-corrected chi connectivity index (χ3v) is 4.48. The third kappa shape index (κ3) is 8.16. The topological polar surface area (TPSA) is 37.4 Å². The highest BCUT2D eigenvalue weighted by molar-refractivity contribution is 7.89. The number of hydrogen-bond acceptors (Lipinski definition) is 2. The number of hydrogen-bond donors (Lipinski definition) is 0. The Morgan fingerprint density at radius 3 is 2.22 bits per heavy atom. The summed E-state index contributed by atoms with van der Waals surface area (Å²) in [6, 6.07) is 0. The summed E-state index contributed by atoms with van der Waals surface area (Å²) >= 11 is 5.50. The van der Waals surface area contributed by atoms with Gasteiger partial charge in [0.2, 0.25) is 10.0 Å². The van der Waals surface area contributed by atoms with E-state index >= 15 is 0 Å². The fourth-order valence-corrected chi connectivity index (χ4v) is 3.25. The van der Waals surface area contributed by atoms with Crippen molar-refractivity contribution in [2.45, 2.75) is 38.8 Å². The van der Waals surface area contributed by atoms with Crippen LogP contribution in [0, 0.1) is 0 Å². The van der Waals surface area contributed by atoms with Crippen LogP contribution in [0.1, 0.15) is 32.6 Å². The van der Waals surface area contributed by atoms with Gasteiger partial charge < -0.3 is 0 Å². The number of sulfonamides is 1. The average molecular weight is 310 g/mol. The van der Waals surface area contributed by atoms with Crippen LogP contribution >= 0.6 is 11.6 Å². The lowest BCUT2D eigenvalue weighted by molar-refractivity contribution is -0.134. The molecule has 18 heavy (non-hydrogen) atoms. The highest BCUT2D eigenvalue weighted by atomic mass is 35.5. The molecule has 0 N–H and O–H groups in total. The molecular formula is C10H19ClF3NO2S. The zero-order valence-corrected chi connectivity index (χ0v) is 11.9. The highest BCUT2D eigenvalue weighted by Crippen LogP contribution is 2.22. The van der Waals surface area contributed by atoms with E-state index in [9.17, 15) is 21.6 Å². The number of rotatable bonds is 9. The minimum atomic E-state index is -4.31. The first kappa shape index (κ1) is 18.0. The van der Waals surface area contributed by atoms with E-state index < -0.39 is 34.8 Å². The van der Waals surface area contributed by atoms with Crippen molar-refractivity contribution in [3.05, 3.63) is 0 Å². The third-order valence-electron chi connectivity index (χ3n) is 2.35. The number of halogens is 4. The Morgan fingerprint density at radius 1 is 1.17 bits per heavy atom. The number of nitrogens with zero attached hydrogens (tertiary/aromatic N) is 1. The number of unbranched alkanes of at least 4 members (excludes halogenated alkanes) is 1. The molecule has 0 radical (unpaired) electrons. The Bertz CT molecular complexity index is 320. The van der Waals surface area contributed by atoms with Gasteiger partial charge in [-0.3, -0.25) is 0 Å². The zero-order chi connectivity index (χ0) is 14.2. The molecule has 0 fully saturated rings. The van der Waals surface area contributed by atoms with Gasteiger partial charge in [0.25, 0.3) is 0 Å². The predicted molar refractivity (Wildman–Crippen MR) is 66.3 cm³/mol. The second-order valence-electron chi connectivity index (χ2n) is 3.98. The molecule has 0 unspecified atom stereocenters. The maximum atomic E-state index is 12.0. The van der Waals surface area contributed by atoms with E-state index in [0.717, 1.165) is 6.42 Å². The smallest absolute Gasteiger partial charge is 0.212 e. The lowest BCUT2D eigenvalue weighted by atomic mass is 10.3. The van der Waals surface area contributed by atoms with E-state index in [2.05, 4.69) is 0 Å². The molecule has 0 rings (SSSR count).